The molecule has 2 N–H and O–H groups in total. The number of hydrogen-bond donors (Lipinski definition) is 2. The summed E-state index contributed by atoms with van der Waals surface area (Å²) in [5, 5.41) is 8.95. The van der Waals surface area contributed by atoms with E-state index in [2.05, 4.69) is 23.8 Å². The van der Waals surface area contributed by atoms with Gasteiger partial charge in [-0.05, 0) is 24.5 Å². The Kier molecular flexibility index (Phi) is 3.46. The zero-order chi connectivity index (χ0) is 13.1. The number of benzene rings is 1. The molecule has 0 radical (unpaired) electrons. The van der Waals surface area contributed by atoms with Crippen molar-refractivity contribution in [2.75, 3.05) is 0 Å². The number of aromatic carboxylic acids is 1. The van der Waals surface area contributed by atoms with Gasteiger partial charge in [0.25, 0.3) is 0 Å². The van der Waals surface area contributed by atoms with E-state index in [0.29, 0.717) is 11.7 Å². The molecule has 1 aromatic heterocycles. The first-order valence-electron chi connectivity index (χ1n) is 5.94. The molecular weight excluding hydrogens is 228 g/mol. The van der Waals surface area contributed by atoms with E-state index in [1.165, 1.54) is 0 Å². The number of aromatic amines is 1. The quantitative estimate of drug-likeness (QED) is 0.868. The summed E-state index contributed by atoms with van der Waals surface area (Å²) < 4.78 is 0. The number of hydrogen-bond acceptors (Lipinski definition) is 2. The van der Waals surface area contributed by atoms with E-state index < -0.39 is 5.97 Å². The van der Waals surface area contributed by atoms with Gasteiger partial charge in [-0.3, -0.25) is 0 Å². The molecule has 94 valence electrons. The Hall–Kier alpha value is -2.10. The second-order valence-electron chi connectivity index (χ2n) is 4.74. The molecule has 2 aromatic rings. The van der Waals surface area contributed by atoms with Gasteiger partial charge in [0.2, 0.25) is 0 Å². The fraction of sp³-hybridized carbons (Fsp3) is 0.286. The van der Waals surface area contributed by atoms with Crippen LogP contribution < -0.4 is 0 Å². The first-order chi connectivity index (χ1) is 8.56. The number of carbonyl (C=O) groups is 1. The van der Waals surface area contributed by atoms with Gasteiger partial charge in [-0.25, -0.2) is 9.78 Å². The Balaban J connectivity index is 2.28. The molecule has 0 saturated carbocycles. The van der Waals surface area contributed by atoms with E-state index >= 15 is 0 Å². The summed E-state index contributed by atoms with van der Waals surface area (Å²) in [6.45, 7) is 4.29. The van der Waals surface area contributed by atoms with E-state index in [9.17, 15) is 4.79 Å². The van der Waals surface area contributed by atoms with E-state index in [0.717, 1.165) is 17.7 Å². The molecule has 0 aliphatic carbocycles. The third-order valence-electron chi connectivity index (χ3n) is 2.64. The Morgan fingerprint density at radius 3 is 2.89 bits per heavy atom. The molecule has 4 heteroatoms. The van der Waals surface area contributed by atoms with Crippen molar-refractivity contribution >= 4 is 5.97 Å². The average molecular weight is 244 g/mol. The lowest BCUT2D eigenvalue weighted by Gasteiger charge is -2.01. The SMILES string of the molecule is CC(C)Cc1cnc(-c2cccc(C(=O)O)c2)[nH]1. The van der Waals surface area contributed by atoms with Crippen molar-refractivity contribution in [3.63, 3.8) is 0 Å². The van der Waals surface area contributed by atoms with Crippen LogP contribution in [0.4, 0.5) is 0 Å². The number of nitrogens with zero attached hydrogens (tertiary/aromatic N) is 1. The van der Waals surface area contributed by atoms with Crippen molar-refractivity contribution in [3.8, 4) is 11.4 Å². The van der Waals surface area contributed by atoms with Gasteiger partial charge in [-0.2, -0.15) is 0 Å². The maximum absolute atomic E-state index is 10.9. The van der Waals surface area contributed by atoms with Gasteiger partial charge in [-0.1, -0.05) is 26.0 Å². The smallest absolute Gasteiger partial charge is 0.335 e. The van der Waals surface area contributed by atoms with E-state index in [1.54, 1.807) is 18.2 Å². The molecule has 0 atom stereocenters. The van der Waals surface area contributed by atoms with Crippen LogP contribution in [0.1, 0.15) is 29.9 Å². The summed E-state index contributed by atoms with van der Waals surface area (Å²) in [4.78, 5) is 18.4. The van der Waals surface area contributed by atoms with Gasteiger partial charge in [0.1, 0.15) is 5.82 Å². The molecule has 1 heterocycles. The van der Waals surface area contributed by atoms with Crippen LogP contribution in [-0.2, 0) is 6.42 Å². The molecule has 2 rings (SSSR count). The highest BCUT2D eigenvalue weighted by molar-refractivity contribution is 5.89. The third-order valence-corrected chi connectivity index (χ3v) is 2.64. The van der Waals surface area contributed by atoms with Crippen molar-refractivity contribution in [2.24, 2.45) is 5.92 Å². The highest BCUT2D eigenvalue weighted by Gasteiger charge is 2.08. The predicted molar refractivity (Wildman–Crippen MR) is 69.5 cm³/mol. The monoisotopic (exact) mass is 244 g/mol. The molecule has 0 amide bonds. The van der Waals surface area contributed by atoms with Crippen molar-refractivity contribution in [2.45, 2.75) is 20.3 Å². The molecule has 0 spiro atoms. The number of nitrogens with one attached hydrogen (secondary N) is 1. The summed E-state index contributed by atoms with van der Waals surface area (Å²) >= 11 is 0. The number of aromatic nitrogens is 2. The lowest BCUT2D eigenvalue weighted by molar-refractivity contribution is 0.0697. The van der Waals surface area contributed by atoms with Crippen LogP contribution >= 0.6 is 0 Å². The number of imidazole rings is 1. The summed E-state index contributed by atoms with van der Waals surface area (Å²) in [5.41, 5.74) is 2.14. The van der Waals surface area contributed by atoms with Gasteiger partial charge in [0, 0.05) is 17.5 Å². The lowest BCUT2D eigenvalue weighted by Crippen LogP contribution is -1.96. The van der Waals surface area contributed by atoms with Crippen LogP contribution in [0.5, 0.6) is 0 Å². The lowest BCUT2D eigenvalue weighted by atomic mass is 10.1. The Labute approximate surface area is 106 Å². The molecule has 18 heavy (non-hydrogen) atoms. The standard InChI is InChI=1S/C14H16N2O2/c1-9(2)6-12-8-15-13(16-12)10-4-3-5-11(7-10)14(17)18/h3-5,7-9H,6H2,1-2H3,(H,15,16)(H,17,18). The van der Waals surface area contributed by atoms with Crippen molar-refractivity contribution in [1.82, 2.24) is 9.97 Å². The normalized spacial score (nSPS) is 10.8. The molecule has 0 aliphatic rings. The van der Waals surface area contributed by atoms with E-state index in [4.69, 9.17) is 5.11 Å². The highest BCUT2D eigenvalue weighted by Crippen LogP contribution is 2.18. The number of H-pyrrole nitrogens is 1. The zero-order valence-corrected chi connectivity index (χ0v) is 10.5. The summed E-state index contributed by atoms with van der Waals surface area (Å²) in [6, 6.07) is 6.78. The maximum Gasteiger partial charge on any atom is 0.335 e. The fourth-order valence-electron chi connectivity index (χ4n) is 1.85. The van der Waals surface area contributed by atoms with E-state index in [1.807, 2.05) is 12.3 Å². The predicted octanol–water partition coefficient (Wildman–Crippen LogP) is 2.97. The van der Waals surface area contributed by atoms with Crippen molar-refractivity contribution < 1.29 is 9.90 Å². The van der Waals surface area contributed by atoms with Crippen LogP contribution in [0, 0.1) is 5.92 Å². The number of carboxylic acid groups (broad SMARTS) is 1. The largest absolute Gasteiger partial charge is 0.478 e. The van der Waals surface area contributed by atoms with Gasteiger partial charge >= 0.3 is 5.97 Å². The first-order valence-corrected chi connectivity index (χ1v) is 5.94. The van der Waals surface area contributed by atoms with Crippen molar-refractivity contribution in [1.29, 1.82) is 0 Å². The molecule has 0 fully saturated rings. The Bertz CT molecular complexity index is 558. The minimum absolute atomic E-state index is 0.273. The minimum Gasteiger partial charge on any atom is -0.478 e. The number of rotatable bonds is 4. The molecular formula is C14H16N2O2. The van der Waals surface area contributed by atoms with Gasteiger partial charge in [-0.15, -0.1) is 0 Å². The third kappa shape index (κ3) is 2.77. The van der Waals surface area contributed by atoms with Crippen molar-refractivity contribution in [3.05, 3.63) is 41.7 Å². The molecule has 4 nitrogen and oxygen atoms in total. The summed E-state index contributed by atoms with van der Waals surface area (Å²) in [5.74, 6) is 0.350. The Morgan fingerprint density at radius 2 is 2.22 bits per heavy atom. The minimum atomic E-state index is -0.925. The molecule has 0 aliphatic heterocycles. The van der Waals surface area contributed by atoms with Crippen LogP contribution in [0.15, 0.2) is 30.5 Å². The van der Waals surface area contributed by atoms with E-state index in [-0.39, 0.29) is 5.56 Å². The summed E-state index contributed by atoms with van der Waals surface area (Å²) in [6.07, 6.45) is 2.74. The maximum atomic E-state index is 10.9. The molecule has 0 saturated heterocycles. The summed E-state index contributed by atoms with van der Waals surface area (Å²) in [7, 11) is 0. The first kappa shape index (κ1) is 12.4. The van der Waals surface area contributed by atoms with Gasteiger partial charge in [0.15, 0.2) is 0 Å². The highest BCUT2D eigenvalue weighted by atomic mass is 16.4. The zero-order valence-electron chi connectivity index (χ0n) is 10.5. The van der Waals surface area contributed by atoms with Crippen LogP contribution in [0.2, 0.25) is 0 Å². The topological polar surface area (TPSA) is 66.0 Å². The second-order valence-corrected chi connectivity index (χ2v) is 4.74. The van der Waals surface area contributed by atoms with Crippen LogP contribution in [0.3, 0.4) is 0 Å². The fourth-order valence-corrected chi connectivity index (χ4v) is 1.85. The van der Waals surface area contributed by atoms with Gasteiger partial charge < -0.3 is 10.1 Å². The molecule has 0 bridgehead atoms. The molecule has 1 aromatic carbocycles. The molecule has 0 unspecified atom stereocenters. The van der Waals surface area contributed by atoms with Crippen LogP contribution in [-0.4, -0.2) is 21.0 Å². The van der Waals surface area contributed by atoms with Crippen LogP contribution in [0.25, 0.3) is 11.4 Å². The average Bonchev–Trinajstić information content (AvgIpc) is 2.77. The van der Waals surface area contributed by atoms with Gasteiger partial charge in [0.05, 0.1) is 5.56 Å². The second kappa shape index (κ2) is 5.04. The number of carboxylic acids is 1. The Morgan fingerprint density at radius 1 is 1.44 bits per heavy atom.